The maximum absolute atomic E-state index is 14.5. The number of primary amides is 1. The number of nitrogens with two attached hydrogens (primary N) is 1. The van der Waals surface area contributed by atoms with E-state index >= 15 is 0 Å². The average Bonchev–Trinajstić information content (AvgIpc) is 4.11. The van der Waals surface area contributed by atoms with Crippen LogP contribution in [0.4, 0.5) is 14.9 Å². The van der Waals surface area contributed by atoms with Crippen LogP contribution in [0.2, 0.25) is 0 Å². The molecule has 0 spiro atoms. The maximum Gasteiger partial charge on any atom is 0.408 e. The monoisotopic (exact) mass is 960 g/mol. The third-order valence-electron chi connectivity index (χ3n) is 13.6. The number of halogens is 1. The first-order valence-electron chi connectivity index (χ1n) is 23.5. The molecule has 3 fully saturated rings. The summed E-state index contributed by atoms with van der Waals surface area (Å²) in [5.74, 6) is -1.34. The van der Waals surface area contributed by atoms with E-state index in [1.54, 1.807) is 39.8 Å². The van der Waals surface area contributed by atoms with Crippen molar-refractivity contribution in [2.24, 2.45) is 40.3 Å². The summed E-state index contributed by atoms with van der Waals surface area (Å²) >= 11 is 1.47. The molecule has 1 saturated heterocycles. The van der Waals surface area contributed by atoms with Crippen molar-refractivity contribution in [3.63, 3.8) is 0 Å². The molecule has 7 atom stereocenters. The number of hydrogen-bond donors (Lipinski definition) is 3. The molecule has 3 heterocycles. The summed E-state index contributed by atoms with van der Waals surface area (Å²) < 4.78 is 52.4. The van der Waals surface area contributed by atoms with Gasteiger partial charge in [-0.25, -0.2) is 27.6 Å². The number of ether oxygens (including phenoxy) is 2. The Kier molecular flexibility index (Phi) is 15.0. The van der Waals surface area contributed by atoms with Crippen LogP contribution in [-0.4, -0.2) is 83.1 Å². The van der Waals surface area contributed by atoms with Gasteiger partial charge < -0.3 is 25.4 Å². The standard InChI is InChI=1S/C50H65FN6O8S2/c1-29(2)30(3)37-25-33-15-13-16-36(46-53-40(28-66-46)31-18-20-34(51)21-19-31)42(33)55-45(37)64-35-26-41(43(52)58)57(27-35)47(60)39(54-48(61)65-49(4,5)6)17-12-10-8-9-11-14-32-24-38(32)44(59)56-67(62,63)50(7)22-23-50/h11,13-16,18-21,28-30,32,35,37-39,41H,8-10,12,17,22-27H2,1-7H3,(H2,52,58)(H,54,61)(H,56,59). The highest BCUT2D eigenvalue weighted by Gasteiger charge is 2.53. The third kappa shape index (κ3) is 12.1. The zero-order valence-electron chi connectivity index (χ0n) is 39.5. The van der Waals surface area contributed by atoms with Crippen molar-refractivity contribution >= 4 is 56.8 Å². The molecular formula is C50H65FN6O8S2. The van der Waals surface area contributed by atoms with Crippen molar-refractivity contribution in [2.75, 3.05) is 6.54 Å². The summed E-state index contributed by atoms with van der Waals surface area (Å²) in [6, 6.07) is 10.3. The number of carbonyl (C=O) groups is 4. The molecule has 2 aliphatic carbocycles. The smallest absolute Gasteiger partial charge is 0.408 e. The van der Waals surface area contributed by atoms with Gasteiger partial charge >= 0.3 is 6.09 Å². The molecule has 1 aromatic heterocycles. The number of nitrogens with one attached hydrogen (secondary N) is 2. The highest BCUT2D eigenvalue weighted by molar-refractivity contribution is 7.91. The minimum absolute atomic E-state index is 0.00353. The first-order chi connectivity index (χ1) is 31.6. The number of fused-ring (bicyclic) bond motifs is 1. The quantitative estimate of drug-likeness (QED) is 0.0825. The van der Waals surface area contributed by atoms with Gasteiger partial charge in [-0.15, -0.1) is 11.3 Å². The topological polar surface area (TPSA) is 199 Å². The molecule has 4 N–H and O–H groups in total. The zero-order valence-corrected chi connectivity index (χ0v) is 41.2. The molecule has 4 aliphatic rings. The normalized spacial score (nSPS) is 23.0. The minimum atomic E-state index is -3.66. The summed E-state index contributed by atoms with van der Waals surface area (Å²) in [4.78, 5) is 64.8. The number of nitrogens with zero attached hydrogens (tertiary/aromatic N) is 3. The molecular weight excluding hydrogens is 896 g/mol. The van der Waals surface area contributed by atoms with Crippen LogP contribution >= 0.6 is 11.3 Å². The Morgan fingerprint density at radius 1 is 1.04 bits per heavy atom. The second-order valence-electron chi connectivity index (χ2n) is 20.3. The molecule has 3 aromatic rings. The number of aliphatic imine (C=N–C) groups is 1. The molecule has 0 bridgehead atoms. The third-order valence-corrected chi connectivity index (χ3v) is 16.6. The van der Waals surface area contributed by atoms with Crippen LogP contribution in [0.5, 0.6) is 0 Å². The number of para-hydroxylation sites is 1. The molecule has 7 unspecified atom stereocenters. The Hall–Kier alpha value is -5.16. The number of allylic oxidation sites excluding steroid dienone is 2. The van der Waals surface area contributed by atoms with Crippen molar-refractivity contribution in [3.8, 4) is 21.8 Å². The first-order valence-corrected chi connectivity index (χ1v) is 25.9. The van der Waals surface area contributed by atoms with Gasteiger partial charge in [-0.1, -0.05) is 57.9 Å². The van der Waals surface area contributed by atoms with Gasteiger partial charge in [0, 0.05) is 34.8 Å². The van der Waals surface area contributed by atoms with E-state index in [2.05, 4.69) is 36.9 Å². The van der Waals surface area contributed by atoms with Crippen LogP contribution in [0, 0.1) is 35.4 Å². The predicted molar refractivity (Wildman–Crippen MR) is 257 cm³/mol. The molecule has 14 nitrogen and oxygen atoms in total. The molecule has 4 amide bonds. The number of carbonyl (C=O) groups excluding carboxylic acids is 4. The second-order valence-corrected chi connectivity index (χ2v) is 23.4. The van der Waals surface area contributed by atoms with Crippen molar-refractivity contribution in [2.45, 2.75) is 141 Å². The van der Waals surface area contributed by atoms with E-state index in [4.69, 9.17) is 25.2 Å². The highest BCUT2D eigenvalue weighted by atomic mass is 32.2. The maximum atomic E-state index is 14.5. The van der Waals surface area contributed by atoms with Crippen LogP contribution < -0.4 is 15.8 Å². The second kappa shape index (κ2) is 20.2. The van der Waals surface area contributed by atoms with Crippen molar-refractivity contribution in [1.82, 2.24) is 19.9 Å². The van der Waals surface area contributed by atoms with Crippen LogP contribution in [0.3, 0.4) is 0 Å². The van der Waals surface area contributed by atoms with Crippen molar-refractivity contribution in [1.29, 1.82) is 0 Å². The van der Waals surface area contributed by atoms with E-state index in [-0.39, 0.29) is 48.9 Å². The van der Waals surface area contributed by atoms with E-state index in [9.17, 15) is 32.0 Å². The fourth-order valence-corrected chi connectivity index (χ4v) is 10.9. The summed E-state index contributed by atoms with van der Waals surface area (Å²) in [6.45, 7) is 13.4. The number of alkyl carbamates (subject to hydrolysis) is 1. The van der Waals surface area contributed by atoms with E-state index in [0.29, 0.717) is 43.9 Å². The molecule has 17 heteroatoms. The fraction of sp³-hybridized carbons (Fsp3) is 0.560. The number of rotatable bonds is 18. The molecule has 67 heavy (non-hydrogen) atoms. The lowest BCUT2D eigenvalue weighted by atomic mass is 9.79. The van der Waals surface area contributed by atoms with Crippen molar-refractivity contribution in [3.05, 3.63) is 71.4 Å². The lowest BCUT2D eigenvalue weighted by Gasteiger charge is -2.33. The van der Waals surface area contributed by atoms with E-state index in [0.717, 1.165) is 52.3 Å². The number of thiazole rings is 1. The predicted octanol–water partition coefficient (Wildman–Crippen LogP) is 8.62. The largest absolute Gasteiger partial charge is 0.475 e. The molecule has 2 saturated carbocycles. The molecule has 7 rings (SSSR count). The van der Waals surface area contributed by atoms with Gasteiger partial charge in [0.25, 0.3) is 0 Å². The Labute approximate surface area is 397 Å². The van der Waals surface area contributed by atoms with Crippen LogP contribution in [0.1, 0.15) is 112 Å². The number of likely N-dealkylation sites (tertiary alicyclic amines) is 1. The molecule has 2 aliphatic heterocycles. The first kappa shape index (κ1) is 49.7. The molecule has 362 valence electrons. The van der Waals surface area contributed by atoms with E-state index < -0.39 is 62.4 Å². The van der Waals surface area contributed by atoms with E-state index in [1.165, 1.54) is 28.4 Å². The number of amides is 4. The lowest BCUT2D eigenvalue weighted by molar-refractivity contribution is -0.139. The van der Waals surface area contributed by atoms with Crippen LogP contribution in [0.15, 0.2) is 65.0 Å². The molecule has 2 aromatic carbocycles. The Balaban J connectivity index is 1.02. The summed E-state index contributed by atoms with van der Waals surface area (Å²) in [5.41, 5.74) is 9.33. The van der Waals surface area contributed by atoms with Gasteiger partial charge in [-0.2, -0.15) is 0 Å². The van der Waals surface area contributed by atoms with Gasteiger partial charge in [-0.3, -0.25) is 19.1 Å². The SMILES string of the molecule is CC(C)C(C)C1Cc2cccc(-c3nc(-c4ccc(F)cc4)cs3)c2N=C1OC1CC(C(N)=O)N(C(=O)C(CCCCCC=CC2CC2C(=O)NS(=O)(=O)C2(C)CC2)NC(=O)OC(C)(C)C)C1. The average molecular weight is 961 g/mol. The summed E-state index contributed by atoms with van der Waals surface area (Å²) in [5, 5.41) is 5.47. The van der Waals surface area contributed by atoms with Crippen LogP contribution in [0.25, 0.3) is 21.8 Å². The summed E-state index contributed by atoms with van der Waals surface area (Å²) in [6.07, 6.45) is 8.25. The van der Waals surface area contributed by atoms with Gasteiger partial charge in [-0.05, 0) is 126 Å². The number of hydrogen-bond acceptors (Lipinski definition) is 11. The zero-order chi connectivity index (χ0) is 48.4. The van der Waals surface area contributed by atoms with Gasteiger partial charge in [0.2, 0.25) is 27.7 Å². The van der Waals surface area contributed by atoms with E-state index in [1.807, 2.05) is 29.7 Å². The Morgan fingerprint density at radius 3 is 2.45 bits per heavy atom. The number of aromatic nitrogens is 1. The minimum Gasteiger partial charge on any atom is -0.475 e. The number of sulfonamides is 1. The van der Waals surface area contributed by atoms with Gasteiger partial charge in [0.15, 0.2) is 5.90 Å². The number of benzene rings is 2. The van der Waals surface area contributed by atoms with Gasteiger partial charge in [0.1, 0.15) is 34.6 Å². The van der Waals surface area contributed by atoms with Crippen molar-refractivity contribution < 1.29 is 41.5 Å². The number of unbranched alkanes of at least 4 members (excludes halogenated alkanes) is 3. The Morgan fingerprint density at radius 2 is 1.78 bits per heavy atom. The fourth-order valence-electron chi connectivity index (χ4n) is 8.76. The molecule has 0 radical (unpaired) electrons. The Bertz CT molecular complexity index is 2500. The highest BCUT2D eigenvalue weighted by Crippen LogP contribution is 2.45. The lowest BCUT2D eigenvalue weighted by Crippen LogP contribution is -2.53. The van der Waals surface area contributed by atoms with Gasteiger partial charge in [0.05, 0.1) is 22.7 Å². The summed E-state index contributed by atoms with van der Waals surface area (Å²) in [7, 11) is -3.66. The van der Waals surface area contributed by atoms with Crippen LogP contribution in [-0.2, 0) is 40.3 Å².